The van der Waals surface area contributed by atoms with Crippen LogP contribution in [0.25, 0.3) is 0 Å². The molecule has 1 aromatic carbocycles. The molecule has 5 nitrogen and oxygen atoms in total. The van der Waals surface area contributed by atoms with Crippen LogP contribution in [-0.4, -0.2) is 27.1 Å². The quantitative estimate of drug-likeness (QED) is 0.545. The second kappa shape index (κ2) is 5.85. The maximum absolute atomic E-state index is 11.6. The van der Waals surface area contributed by atoms with Gasteiger partial charge in [-0.15, -0.1) is 0 Å². The largest absolute Gasteiger partial charge is 0.424 e. The Hall–Kier alpha value is -0.870. The van der Waals surface area contributed by atoms with Gasteiger partial charge in [0.2, 0.25) is 0 Å². The highest BCUT2D eigenvalue weighted by Gasteiger charge is 2.32. The van der Waals surface area contributed by atoms with Crippen LogP contribution in [0.3, 0.4) is 0 Å². The standard InChI is InChI=1S/C12H19O5P/c1-3-4-10-5-7-11(8-6-10)17-18(15,16)9-12(2,13)14/h5-8,13-14H,3-4,9H2,1-2H3,(H,15,16). The van der Waals surface area contributed by atoms with Crippen molar-refractivity contribution in [3.05, 3.63) is 29.8 Å². The molecule has 1 rings (SSSR count). The van der Waals surface area contributed by atoms with E-state index in [0.29, 0.717) is 0 Å². The third-order valence-electron chi connectivity index (χ3n) is 2.21. The molecule has 0 radical (unpaired) electrons. The zero-order valence-electron chi connectivity index (χ0n) is 10.5. The molecule has 1 atom stereocenters. The lowest BCUT2D eigenvalue weighted by Crippen LogP contribution is -2.28. The van der Waals surface area contributed by atoms with Crippen molar-refractivity contribution in [1.82, 2.24) is 0 Å². The van der Waals surface area contributed by atoms with Crippen molar-refractivity contribution in [3.63, 3.8) is 0 Å². The van der Waals surface area contributed by atoms with Gasteiger partial charge in [-0.25, -0.2) is 4.57 Å². The van der Waals surface area contributed by atoms with Crippen LogP contribution in [0.4, 0.5) is 0 Å². The maximum atomic E-state index is 11.6. The molecule has 1 aromatic rings. The van der Waals surface area contributed by atoms with Gasteiger partial charge in [0, 0.05) is 0 Å². The van der Waals surface area contributed by atoms with Crippen LogP contribution in [0.15, 0.2) is 24.3 Å². The number of rotatable bonds is 6. The Kier molecular flexibility index (Phi) is 4.93. The molecule has 0 spiro atoms. The first-order chi connectivity index (χ1) is 8.22. The van der Waals surface area contributed by atoms with E-state index in [-0.39, 0.29) is 5.75 Å². The Morgan fingerprint density at radius 3 is 2.28 bits per heavy atom. The predicted molar refractivity (Wildman–Crippen MR) is 68.6 cm³/mol. The molecule has 0 fully saturated rings. The van der Waals surface area contributed by atoms with Crippen LogP contribution in [-0.2, 0) is 11.0 Å². The monoisotopic (exact) mass is 274 g/mol. The second-order valence-corrected chi connectivity index (χ2v) is 6.27. The Balaban J connectivity index is 2.69. The number of aliphatic hydroxyl groups is 2. The lowest BCUT2D eigenvalue weighted by atomic mass is 10.1. The molecule has 102 valence electrons. The molecule has 0 aliphatic carbocycles. The van der Waals surface area contributed by atoms with E-state index in [1.54, 1.807) is 12.1 Å². The fraction of sp³-hybridized carbons (Fsp3) is 0.500. The summed E-state index contributed by atoms with van der Waals surface area (Å²) in [5, 5.41) is 18.2. The van der Waals surface area contributed by atoms with Gasteiger partial charge in [0.1, 0.15) is 11.9 Å². The van der Waals surface area contributed by atoms with Crippen molar-refractivity contribution in [2.75, 3.05) is 6.16 Å². The minimum atomic E-state index is -4.07. The summed E-state index contributed by atoms with van der Waals surface area (Å²) in [6.07, 6.45) is 1.21. The van der Waals surface area contributed by atoms with E-state index < -0.39 is 19.5 Å². The first kappa shape index (κ1) is 15.2. The van der Waals surface area contributed by atoms with Crippen LogP contribution in [0.2, 0.25) is 0 Å². The molecule has 18 heavy (non-hydrogen) atoms. The summed E-state index contributed by atoms with van der Waals surface area (Å²) in [4.78, 5) is 9.49. The summed E-state index contributed by atoms with van der Waals surface area (Å²) in [7, 11) is -4.07. The number of benzene rings is 1. The van der Waals surface area contributed by atoms with Crippen molar-refractivity contribution in [3.8, 4) is 5.75 Å². The highest BCUT2D eigenvalue weighted by molar-refractivity contribution is 7.53. The van der Waals surface area contributed by atoms with Crippen LogP contribution < -0.4 is 4.52 Å². The third-order valence-corrected chi connectivity index (χ3v) is 3.70. The molecule has 0 bridgehead atoms. The zero-order valence-corrected chi connectivity index (χ0v) is 11.4. The van der Waals surface area contributed by atoms with E-state index in [2.05, 4.69) is 6.92 Å². The van der Waals surface area contributed by atoms with Gasteiger partial charge in [-0.1, -0.05) is 25.5 Å². The summed E-state index contributed by atoms with van der Waals surface area (Å²) in [5.74, 6) is -1.99. The van der Waals surface area contributed by atoms with Crippen LogP contribution in [0.1, 0.15) is 25.8 Å². The maximum Gasteiger partial charge on any atom is 0.382 e. The lowest BCUT2D eigenvalue weighted by Gasteiger charge is -2.20. The van der Waals surface area contributed by atoms with Gasteiger partial charge in [0.05, 0.1) is 0 Å². The van der Waals surface area contributed by atoms with Gasteiger partial charge in [0.25, 0.3) is 0 Å². The van der Waals surface area contributed by atoms with Gasteiger partial charge in [-0.2, -0.15) is 0 Å². The topological polar surface area (TPSA) is 87.0 Å². The predicted octanol–water partition coefficient (Wildman–Crippen LogP) is 1.90. The van der Waals surface area contributed by atoms with E-state index >= 15 is 0 Å². The lowest BCUT2D eigenvalue weighted by molar-refractivity contribution is -0.126. The van der Waals surface area contributed by atoms with E-state index in [1.807, 2.05) is 12.1 Å². The summed E-state index contributed by atoms with van der Waals surface area (Å²) >= 11 is 0. The Morgan fingerprint density at radius 2 is 1.83 bits per heavy atom. The average Bonchev–Trinajstić information content (AvgIpc) is 2.17. The Labute approximate surface area is 107 Å². The normalized spacial score (nSPS) is 15.2. The fourth-order valence-corrected chi connectivity index (χ4v) is 2.85. The van der Waals surface area contributed by atoms with Crippen LogP contribution in [0.5, 0.6) is 5.75 Å². The fourth-order valence-electron chi connectivity index (χ4n) is 1.58. The average molecular weight is 274 g/mol. The number of hydrogen-bond acceptors (Lipinski definition) is 4. The summed E-state index contributed by atoms with van der Waals surface area (Å²) in [5.41, 5.74) is 1.12. The molecule has 3 N–H and O–H groups in total. The van der Waals surface area contributed by atoms with Crippen molar-refractivity contribution in [2.24, 2.45) is 0 Å². The van der Waals surface area contributed by atoms with E-state index in [0.717, 1.165) is 25.3 Å². The van der Waals surface area contributed by atoms with E-state index in [4.69, 9.17) is 14.7 Å². The van der Waals surface area contributed by atoms with Crippen LogP contribution >= 0.6 is 7.60 Å². The first-order valence-corrected chi connectivity index (χ1v) is 7.53. The molecule has 0 aliphatic rings. The zero-order chi connectivity index (χ0) is 13.8. The molecular weight excluding hydrogens is 255 g/mol. The van der Waals surface area contributed by atoms with Crippen molar-refractivity contribution >= 4 is 7.60 Å². The third kappa shape index (κ3) is 5.65. The van der Waals surface area contributed by atoms with Gasteiger partial charge in [-0.3, -0.25) is 0 Å². The first-order valence-electron chi connectivity index (χ1n) is 5.77. The van der Waals surface area contributed by atoms with Crippen molar-refractivity contribution in [1.29, 1.82) is 0 Å². The van der Waals surface area contributed by atoms with Gasteiger partial charge >= 0.3 is 7.60 Å². The Morgan fingerprint density at radius 1 is 1.28 bits per heavy atom. The molecule has 0 saturated carbocycles. The van der Waals surface area contributed by atoms with Crippen molar-refractivity contribution in [2.45, 2.75) is 32.5 Å². The smallest absolute Gasteiger partial charge is 0.382 e. The SMILES string of the molecule is CCCc1ccc(OP(=O)(O)CC(C)(O)O)cc1. The van der Waals surface area contributed by atoms with Gasteiger partial charge in [-0.05, 0) is 31.0 Å². The second-order valence-electron chi connectivity index (χ2n) is 4.50. The van der Waals surface area contributed by atoms with E-state index in [1.165, 1.54) is 0 Å². The highest BCUT2D eigenvalue weighted by Crippen LogP contribution is 2.44. The number of hydrogen-bond donors (Lipinski definition) is 3. The van der Waals surface area contributed by atoms with E-state index in [9.17, 15) is 9.46 Å². The summed E-state index contributed by atoms with van der Waals surface area (Å²) in [6, 6.07) is 6.83. The summed E-state index contributed by atoms with van der Waals surface area (Å²) in [6.45, 7) is 3.10. The Bertz CT molecular complexity index is 421. The van der Waals surface area contributed by atoms with Gasteiger partial charge in [0.15, 0.2) is 5.79 Å². The number of aryl methyl sites for hydroxylation is 1. The molecular formula is C12H19O5P. The summed E-state index contributed by atoms with van der Waals surface area (Å²) < 4.78 is 16.5. The van der Waals surface area contributed by atoms with Crippen LogP contribution in [0, 0.1) is 0 Å². The van der Waals surface area contributed by atoms with Crippen molar-refractivity contribution < 1.29 is 24.2 Å². The molecule has 0 aliphatic heterocycles. The molecule has 1 unspecified atom stereocenters. The molecule has 6 heteroatoms. The molecule has 0 heterocycles. The van der Waals surface area contributed by atoms with Gasteiger partial charge < -0.3 is 19.6 Å². The molecule has 0 aromatic heterocycles. The molecule has 0 amide bonds. The minimum Gasteiger partial charge on any atom is -0.424 e. The molecule has 0 saturated heterocycles. The minimum absolute atomic E-state index is 0.241. The highest BCUT2D eigenvalue weighted by atomic mass is 31.2.